The summed E-state index contributed by atoms with van der Waals surface area (Å²) in [6.45, 7) is 1.33. The standard InChI is InChI=1S/C8H6ClF3O/c1-4-6(13)3-2-5(7(4)9)8(10,11)12/h2-3,13H,1H3. The van der Waals surface area contributed by atoms with E-state index in [0.717, 1.165) is 12.1 Å². The Bertz CT molecular complexity index is 333. The Kier molecular flexibility index (Phi) is 2.43. The molecule has 72 valence electrons. The first-order chi connectivity index (χ1) is 5.84. The summed E-state index contributed by atoms with van der Waals surface area (Å²) in [5, 5.41) is 8.59. The predicted molar refractivity (Wildman–Crippen MR) is 42.9 cm³/mol. The molecule has 0 aliphatic heterocycles. The lowest BCUT2D eigenvalue weighted by Gasteiger charge is -2.11. The first kappa shape index (κ1) is 10.2. The Morgan fingerprint density at radius 1 is 1.31 bits per heavy atom. The molecule has 0 saturated heterocycles. The largest absolute Gasteiger partial charge is 0.508 e. The number of aromatic hydroxyl groups is 1. The van der Waals surface area contributed by atoms with Crippen LogP contribution in [0.3, 0.4) is 0 Å². The molecule has 1 N–H and O–H groups in total. The summed E-state index contributed by atoms with van der Waals surface area (Å²) in [7, 11) is 0. The summed E-state index contributed by atoms with van der Waals surface area (Å²) in [6, 6.07) is 1.73. The van der Waals surface area contributed by atoms with Crippen molar-refractivity contribution in [2.75, 3.05) is 0 Å². The Morgan fingerprint density at radius 2 is 1.85 bits per heavy atom. The molecule has 0 spiro atoms. The van der Waals surface area contributed by atoms with E-state index >= 15 is 0 Å². The maximum atomic E-state index is 12.2. The summed E-state index contributed by atoms with van der Waals surface area (Å²) in [5.41, 5.74) is -0.888. The second-order valence-corrected chi connectivity index (χ2v) is 2.95. The SMILES string of the molecule is Cc1c(O)ccc(C(F)(F)F)c1Cl. The fourth-order valence-electron chi connectivity index (χ4n) is 0.894. The van der Waals surface area contributed by atoms with E-state index in [1.165, 1.54) is 6.92 Å². The molecule has 13 heavy (non-hydrogen) atoms. The molecule has 1 aromatic rings. The fourth-order valence-corrected chi connectivity index (χ4v) is 1.16. The number of hydrogen-bond acceptors (Lipinski definition) is 1. The Balaban J connectivity index is 3.35. The maximum Gasteiger partial charge on any atom is 0.417 e. The van der Waals surface area contributed by atoms with Crippen molar-refractivity contribution in [3.8, 4) is 5.75 Å². The second kappa shape index (κ2) is 3.10. The highest BCUT2D eigenvalue weighted by molar-refractivity contribution is 6.32. The van der Waals surface area contributed by atoms with Gasteiger partial charge in [0.1, 0.15) is 5.75 Å². The third-order valence-corrected chi connectivity index (χ3v) is 2.15. The number of benzene rings is 1. The topological polar surface area (TPSA) is 20.2 Å². The number of rotatable bonds is 0. The zero-order chi connectivity index (χ0) is 10.2. The molecule has 0 aliphatic rings. The lowest BCUT2D eigenvalue weighted by atomic mass is 10.1. The van der Waals surface area contributed by atoms with E-state index in [9.17, 15) is 13.2 Å². The molecule has 0 aromatic heterocycles. The number of phenols is 1. The lowest BCUT2D eigenvalue weighted by molar-refractivity contribution is -0.137. The minimum Gasteiger partial charge on any atom is -0.508 e. The molecule has 0 unspecified atom stereocenters. The predicted octanol–water partition coefficient (Wildman–Crippen LogP) is 3.37. The van der Waals surface area contributed by atoms with Crippen molar-refractivity contribution < 1.29 is 18.3 Å². The lowest BCUT2D eigenvalue weighted by Crippen LogP contribution is -2.06. The van der Waals surface area contributed by atoms with Gasteiger partial charge in [0.25, 0.3) is 0 Å². The van der Waals surface area contributed by atoms with Gasteiger partial charge < -0.3 is 5.11 Å². The highest BCUT2D eigenvalue weighted by Crippen LogP contribution is 2.38. The Morgan fingerprint density at radius 3 is 2.31 bits per heavy atom. The Labute approximate surface area is 77.8 Å². The van der Waals surface area contributed by atoms with Crippen molar-refractivity contribution in [3.63, 3.8) is 0 Å². The smallest absolute Gasteiger partial charge is 0.417 e. The molecule has 0 aliphatic carbocycles. The molecular weight excluding hydrogens is 205 g/mol. The first-order valence-electron chi connectivity index (χ1n) is 3.39. The molecule has 1 aromatic carbocycles. The van der Waals surface area contributed by atoms with E-state index in [2.05, 4.69) is 0 Å². The van der Waals surface area contributed by atoms with Crippen LogP contribution in [-0.4, -0.2) is 5.11 Å². The Hall–Kier alpha value is -0.900. The van der Waals surface area contributed by atoms with Gasteiger partial charge in [-0.25, -0.2) is 0 Å². The van der Waals surface area contributed by atoms with E-state index in [1.54, 1.807) is 0 Å². The van der Waals surface area contributed by atoms with Crippen LogP contribution in [0.4, 0.5) is 13.2 Å². The van der Waals surface area contributed by atoms with E-state index in [-0.39, 0.29) is 11.3 Å². The number of halogens is 4. The summed E-state index contributed by atoms with van der Waals surface area (Å²) in [5.74, 6) is -0.238. The third-order valence-electron chi connectivity index (χ3n) is 1.66. The van der Waals surface area contributed by atoms with Gasteiger partial charge in [-0.1, -0.05) is 11.6 Å². The number of phenolic OH excluding ortho intramolecular Hbond substituents is 1. The highest BCUT2D eigenvalue weighted by atomic mass is 35.5. The van der Waals surface area contributed by atoms with Gasteiger partial charge in [-0.15, -0.1) is 0 Å². The first-order valence-corrected chi connectivity index (χ1v) is 3.77. The van der Waals surface area contributed by atoms with E-state index in [1.807, 2.05) is 0 Å². The normalized spacial score (nSPS) is 11.8. The van der Waals surface area contributed by atoms with Crippen molar-refractivity contribution in [1.29, 1.82) is 0 Å². The van der Waals surface area contributed by atoms with Gasteiger partial charge in [-0.05, 0) is 19.1 Å². The second-order valence-electron chi connectivity index (χ2n) is 2.57. The molecule has 1 nitrogen and oxygen atoms in total. The quantitative estimate of drug-likeness (QED) is 0.696. The van der Waals surface area contributed by atoms with Gasteiger partial charge in [0.15, 0.2) is 0 Å². The number of hydrogen-bond donors (Lipinski definition) is 1. The maximum absolute atomic E-state index is 12.2. The minimum absolute atomic E-state index is 0.0384. The van der Waals surface area contributed by atoms with E-state index in [0.29, 0.717) is 0 Å². The molecule has 0 bridgehead atoms. The molecule has 5 heteroatoms. The van der Waals surface area contributed by atoms with Crippen LogP contribution in [-0.2, 0) is 6.18 Å². The zero-order valence-electron chi connectivity index (χ0n) is 6.61. The minimum atomic E-state index is -4.48. The van der Waals surface area contributed by atoms with Gasteiger partial charge in [0, 0.05) is 5.56 Å². The van der Waals surface area contributed by atoms with Crippen molar-refractivity contribution in [1.82, 2.24) is 0 Å². The van der Waals surface area contributed by atoms with Crippen LogP contribution in [0.5, 0.6) is 5.75 Å². The molecule has 0 radical (unpaired) electrons. The summed E-state index contributed by atoms with van der Waals surface area (Å²) < 4.78 is 36.6. The average Bonchev–Trinajstić information content (AvgIpc) is 1.98. The highest BCUT2D eigenvalue weighted by Gasteiger charge is 2.33. The van der Waals surface area contributed by atoms with Crippen molar-refractivity contribution in [2.24, 2.45) is 0 Å². The van der Waals surface area contributed by atoms with Gasteiger partial charge in [0.2, 0.25) is 0 Å². The van der Waals surface area contributed by atoms with Crippen LogP contribution in [0, 0.1) is 6.92 Å². The fraction of sp³-hybridized carbons (Fsp3) is 0.250. The van der Waals surface area contributed by atoms with Crippen LogP contribution in [0.25, 0.3) is 0 Å². The van der Waals surface area contributed by atoms with Crippen molar-refractivity contribution in [3.05, 3.63) is 28.3 Å². The van der Waals surface area contributed by atoms with Crippen LogP contribution in [0.15, 0.2) is 12.1 Å². The van der Waals surface area contributed by atoms with Crippen LogP contribution >= 0.6 is 11.6 Å². The molecule has 0 heterocycles. The molecular formula is C8H6ClF3O. The van der Waals surface area contributed by atoms with Gasteiger partial charge >= 0.3 is 6.18 Å². The molecule has 0 fully saturated rings. The molecule has 1 rings (SSSR count). The molecule has 0 amide bonds. The van der Waals surface area contributed by atoms with Crippen molar-refractivity contribution in [2.45, 2.75) is 13.1 Å². The van der Waals surface area contributed by atoms with E-state index in [4.69, 9.17) is 16.7 Å². The summed E-state index contributed by atoms with van der Waals surface area (Å²) in [6.07, 6.45) is -4.48. The molecule has 0 atom stereocenters. The number of alkyl halides is 3. The summed E-state index contributed by atoms with van der Waals surface area (Å²) >= 11 is 5.40. The third kappa shape index (κ3) is 1.88. The van der Waals surface area contributed by atoms with Crippen LogP contribution in [0.2, 0.25) is 5.02 Å². The van der Waals surface area contributed by atoms with Crippen LogP contribution < -0.4 is 0 Å². The monoisotopic (exact) mass is 210 g/mol. The van der Waals surface area contributed by atoms with Crippen molar-refractivity contribution >= 4 is 11.6 Å². The average molecular weight is 211 g/mol. The van der Waals surface area contributed by atoms with E-state index < -0.39 is 16.8 Å². The van der Waals surface area contributed by atoms with Crippen LogP contribution in [0.1, 0.15) is 11.1 Å². The van der Waals surface area contributed by atoms with Gasteiger partial charge in [-0.3, -0.25) is 0 Å². The van der Waals surface area contributed by atoms with Gasteiger partial charge in [-0.2, -0.15) is 13.2 Å². The zero-order valence-corrected chi connectivity index (χ0v) is 7.37. The molecule has 0 saturated carbocycles. The summed E-state index contributed by atoms with van der Waals surface area (Å²) in [4.78, 5) is 0. The van der Waals surface area contributed by atoms with Gasteiger partial charge in [0.05, 0.1) is 10.6 Å².